The third-order valence-electron chi connectivity index (χ3n) is 9.13. The number of alkyl carbamates (subject to hydrolysis) is 1. The van der Waals surface area contributed by atoms with Gasteiger partial charge in [-0.3, -0.25) is 0 Å². The molecule has 1 aromatic rings. The standard InChI is InChI=1S/C37H63NO5/c1-24(2)16-13-17-25(3)18-14-19-26(4)20-15-22-37(12)23-21-31-29(7)32(27(5)28(6)33(31)42-37)41-34(39)30(8)38-35(40)43-36(9,10)11/h24-26,30H,13-23H2,1-12H3,(H,38,40)/t25-,26+,30-,37-/m1/s1. The smallest absolute Gasteiger partial charge is 0.408 e. The van der Waals surface area contributed by atoms with Gasteiger partial charge in [-0.1, -0.05) is 72.6 Å². The maximum Gasteiger partial charge on any atom is 0.408 e. The molecule has 0 fully saturated rings. The summed E-state index contributed by atoms with van der Waals surface area (Å²) in [5.41, 5.74) is 3.13. The molecule has 0 unspecified atom stereocenters. The Balaban J connectivity index is 1.92. The van der Waals surface area contributed by atoms with Gasteiger partial charge >= 0.3 is 12.1 Å². The quantitative estimate of drug-likeness (QED) is 0.160. The van der Waals surface area contributed by atoms with Gasteiger partial charge in [0.05, 0.1) is 0 Å². The fourth-order valence-electron chi connectivity index (χ4n) is 6.15. The number of rotatable bonds is 15. The van der Waals surface area contributed by atoms with E-state index in [1.165, 1.54) is 51.4 Å². The number of hydrogen-bond acceptors (Lipinski definition) is 5. The van der Waals surface area contributed by atoms with Crippen LogP contribution in [0.25, 0.3) is 0 Å². The Hall–Kier alpha value is -2.24. The van der Waals surface area contributed by atoms with Gasteiger partial charge in [0.1, 0.15) is 28.7 Å². The first kappa shape index (κ1) is 36.9. The van der Waals surface area contributed by atoms with Crippen molar-refractivity contribution in [3.8, 4) is 11.5 Å². The van der Waals surface area contributed by atoms with Gasteiger partial charge in [-0.25, -0.2) is 9.59 Å². The number of esters is 1. The monoisotopic (exact) mass is 601 g/mol. The fraction of sp³-hybridized carbons (Fsp3) is 0.784. The van der Waals surface area contributed by atoms with Crippen molar-refractivity contribution < 1.29 is 23.8 Å². The molecule has 0 bridgehead atoms. The van der Waals surface area contributed by atoms with Crippen molar-refractivity contribution >= 4 is 12.1 Å². The van der Waals surface area contributed by atoms with E-state index in [9.17, 15) is 9.59 Å². The van der Waals surface area contributed by atoms with Gasteiger partial charge in [-0.15, -0.1) is 0 Å². The maximum atomic E-state index is 12.9. The highest BCUT2D eigenvalue weighted by atomic mass is 16.6. The molecule has 0 saturated carbocycles. The number of carbonyl (C=O) groups excluding carboxylic acids is 2. The first-order valence-corrected chi connectivity index (χ1v) is 16.9. The van der Waals surface area contributed by atoms with Crippen LogP contribution in [0, 0.1) is 38.5 Å². The second-order valence-electron chi connectivity index (χ2n) is 15.2. The minimum absolute atomic E-state index is 0.189. The van der Waals surface area contributed by atoms with E-state index >= 15 is 0 Å². The lowest BCUT2D eigenvalue weighted by Gasteiger charge is -2.38. The van der Waals surface area contributed by atoms with Gasteiger partial charge < -0.3 is 19.5 Å². The van der Waals surface area contributed by atoms with Crippen molar-refractivity contribution in [3.05, 3.63) is 22.3 Å². The second kappa shape index (κ2) is 16.2. The second-order valence-corrected chi connectivity index (χ2v) is 15.2. The Morgan fingerprint density at radius 2 is 1.42 bits per heavy atom. The lowest BCUT2D eigenvalue weighted by atomic mass is 9.83. The summed E-state index contributed by atoms with van der Waals surface area (Å²) in [7, 11) is 0. The molecule has 1 N–H and O–H groups in total. The largest absolute Gasteiger partial charge is 0.487 e. The number of benzene rings is 1. The summed E-state index contributed by atoms with van der Waals surface area (Å²) in [4.78, 5) is 25.1. The zero-order valence-electron chi connectivity index (χ0n) is 29.6. The van der Waals surface area contributed by atoms with Crippen LogP contribution in [0.1, 0.15) is 149 Å². The molecular weight excluding hydrogens is 538 g/mol. The first-order chi connectivity index (χ1) is 19.9. The van der Waals surface area contributed by atoms with E-state index in [-0.39, 0.29) is 5.60 Å². The van der Waals surface area contributed by atoms with Gasteiger partial charge in [0.15, 0.2) is 0 Å². The SMILES string of the molecule is Cc1c(C)c2c(c(C)c1OC(=O)[C@@H](C)NC(=O)OC(C)(C)C)CC[C@@](C)(CCC[C@@H](C)CCC[C@H](C)CCCC(C)C)O2. The summed E-state index contributed by atoms with van der Waals surface area (Å²) >= 11 is 0. The fourth-order valence-corrected chi connectivity index (χ4v) is 6.15. The molecule has 0 saturated heterocycles. The molecular formula is C37H63NO5. The van der Waals surface area contributed by atoms with Crippen LogP contribution in [0.3, 0.4) is 0 Å². The highest BCUT2D eigenvalue weighted by Gasteiger charge is 2.35. The summed E-state index contributed by atoms with van der Waals surface area (Å²) in [6.07, 6.45) is 12.8. The molecule has 1 amide bonds. The Morgan fingerprint density at radius 3 is 1.98 bits per heavy atom. The minimum atomic E-state index is -0.843. The molecule has 6 nitrogen and oxygen atoms in total. The first-order valence-electron chi connectivity index (χ1n) is 16.9. The number of hydrogen-bond donors (Lipinski definition) is 1. The number of carbonyl (C=O) groups is 2. The Labute approximate surface area is 263 Å². The van der Waals surface area contributed by atoms with Crippen molar-refractivity contribution in [3.63, 3.8) is 0 Å². The van der Waals surface area contributed by atoms with Crippen LogP contribution in [-0.4, -0.2) is 29.3 Å². The summed E-state index contributed by atoms with van der Waals surface area (Å²) in [5, 5.41) is 2.58. The van der Waals surface area contributed by atoms with E-state index in [1.807, 2.05) is 20.8 Å². The molecule has 1 heterocycles. The number of ether oxygens (including phenoxy) is 3. The summed E-state index contributed by atoms with van der Waals surface area (Å²) in [6.45, 7) is 24.7. The van der Waals surface area contributed by atoms with Crippen molar-refractivity contribution in [1.29, 1.82) is 0 Å². The van der Waals surface area contributed by atoms with Gasteiger partial charge in [0.2, 0.25) is 0 Å². The molecule has 2 rings (SSSR count). The lowest BCUT2D eigenvalue weighted by Crippen LogP contribution is -2.43. The molecule has 0 spiro atoms. The Morgan fingerprint density at radius 1 is 0.860 bits per heavy atom. The minimum Gasteiger partial charge on any atom is -0.487 e. The normalized spacial score (nSPS) is 18.8. The lowest BCUT2D eigenvalue weighted by molar-refractivity contribution is -0.136. The number of nitrogens with one attached hydrogen (secondary N) is 1. The summed E-state index contributed by atoms with van der Waals surface area (Å²) < 4.78 is 17.9. The highest BCUT2D eigenvalue weighted by Crippen LogP contribution is 2.45. The van der Waals surface area contributed by atoms with Gasteiger partial charge in [0, 0.05) is 5.56 Å². The molecule has 1 aliphatic rings. The zero-order valence-corrected chi connectivity index (χ0v) is 29.6. The average Bonchev–Trinajstić information content (AvgIpc) is 2.88. The van der Waals surface area contributed by atoms with Crippen LogP contribution in [0.4, 0.5) is 4.79 Å². The van der Waals surface area contributed by atoms with Gasteiger partial charge in [0.25, 0.3) is 0 Å². The van der Waals surface area contributed by atoms with Gasteiger partial charge in [-0.2, -0.15) is 0 Å². The molecule has 0 radical (unpaired) electrons. The van der Waals surface area contributed by atoms with E-state index < -0.39 is 23.7 Å². The van der Waals surface area contributed by atoms with Crippen LogP contribution in [-0.2, 0) is 16.0 Å². The Kier molecular flexibility index (Phi) is 13.9. The van der Waals surface area contributed by atoms with Crippen LogP contribution in [0.5, 0.6) is 11.5 Å². The maximum absolute atomic E-state index is 12.9. The van der Waals surface area contributed by atoms with Crippen molar-refractivity contribution in [2.24, 2.45) is 17.8 Å². The number of amides is 1. The van der Waals surface area contributed by atoms with Crippen LogP contribution < -0.4 is 14.8 Å². The highest BCUT2D eigenvalue weighted by molar-refractivity contribution is 5.83. The van der Waals surface area contributed by atoms with E-state index in [1.54, 1.807) is 27.7 Å². The third kappa shape index (κ3) is 12.0. The molecule has 4 atom stereocenters. The van der Waals surface area contributed by atoms with E-state index in [0.29, 0.717) is 5.75 Å². The van der Waals surface area contributed by atoms with Crippen molar-refractivity contribution in [1.82, 2.24) is 5.32 Å². The van der Waals surface area contributed by atoms with Crippen molar-refractivity contribution in [2.75, 3.05) is 0 Å². The predicted molar refractivity (Wildman–Crippen MR) is 177 cm³/mol. The molecule has 1 aromatic carbocycles. The molecule has 6 heteroatoms. The molecule has 246 valence electrons. The predicted octanol–water partition coefficient (Wildman–Crippen LogP) is 9.95. The van der Waals surface area contributed by atoms with E-state index in [0.717, 1.165) is 65.0 Å². The van der Waals surface area contributed by atoms with Crippen LogP contribution >= 0.6 is 0 Å². The summed E-state index contributed by atoms with van der Waals surface area (Å²) in [6, 6.07) is -0.843. The number of fused-ring (bicyclic) bond motifs is 1. The van der Waals surface area contributed by atoms with Crippen molar-refractivity contribution in [2.45, 2.75) is 171 Å². The van der Waals surface area contributed by atoms with E-state index in [4.69, 9.17) is 14.2 Å². The van der Waals surface area contributed by atoms with Crippen LogP contribution in [0.2, 0.25) is 0 Å². The molecule has 0 aliphatic carbocycles. The van der Waals surface area contributed by atoms with E-state index in [2.05, 4.69) is 39.9 Å². The van der Waals surface area contributed by atoms with Gasteiger partial charge in [-0.05, 0) is 116 Å². The molecule has 43 heavy (non-hydrogen) atoms. The topological polar surface area (TPSA) is 73.9 Å². The summed E-state index contributed by atoms with van der Waals surface area (Å²) in [5.74, 6) is 3.40. The molecule has 1 aliphatic heterocycles. The average molecular weight is 602 g/mol. The van der Waals surface area contributed by atoms with Crippen LogP contribution in [0.15, 0.2) is 0 Å². The molecule has 0 aromatic heterocycles. The third-order valence-corrected chi connectivity index (χ3v) is 9.13. The Bertz CT molecular complexity index is 1070. The zero-order chi connectivity index (χ0) is 32.5.